The van der Waals surface area contributed by atoms with Crippen LogP contribution in [-0.4, -0.2) is 44.1 Å². The monoisotopic (exact) mass is 308 g/mol. The molecule has 0 amide bonds. The van der Waals surface area contributed by atoms with E-state index in [1.54, 1.807) is 0 Å². The zero-order valence-corrected chi connectivity index (χ0v) is 13.2. The Kier molecular flexibility index (Phi) is 3.50. The number of imidazole rings is 1. The highest BCUT2D eigenvalue weighted by molar-refractivity contribution is 6.00. The van der Waals surface area contributed by atoms with Gasteiger partial charge in [0.25, 0.3) is 0 Å². The van der Waals surface area contributed by atoms with Gasteiger partial charge in [0, 0.05) is 43.7 Å². The molecule has 0 spiro atoms. The topological polar surface area (TPSA) is 73.5 Å². The van der Waals surface area contributed by atoms with E-state index in [1.165, 1.54) is 5.52 Å². The third kappa shape index (κ3) is 2.37. The van der Waals surface area contributed by atoms with Gasteiger partial charge in [0.15, 0.2) is 0 Å². The molecule has 6 nitrogen and oxygen atoms in total. The van der Waals surface area contributed by atoms with Crippen LogP contribution in [0.15, 0.2) is 24.8 Å². The number of nitrogens with zero attached hydrogens (tertiary/aromatic N) is 5. The summed E-state index contributed by atoms with van der Waals surface area (Å²) in [5.74, 6) is 0.530. The third-order valence-corrected chi connectivity index (χ3v) is 4.96. The fourth-order valence-corrected chi connectivity index (χ4v) is 3.83. The van der Waals surface area contributed by atoms with Crippen LogP contribution >= 0.6 is 0 Å². The Labute approximate surface area is 134 Å². The van der Waals surface area contributed by atoms with Gasteiger partial charge in [-0.05, 0) is 18.4 Å². The van der Waals surface area contributed by atoms with Crippen LogP contribution in [0.4, 0.5) is 0 Å². The second kappa shape index (κ2) is 5.67. The van der Waals surface area contributed by atoms with Gasteiger partial charge in [-0.2, -0.15) is 5.26 Å². The van der Waals surface area contributed by atoms with Gasteiger partial charge in [0.05, 0.1) is 24.1 Å². The molecular formula is C17H20N6. The van der Waals surface area contributed by atoms with E-state index in [9.17, 15) is 0 Å². The Morgan fingerprint density at radius 2 is 2.35 bits per heavy atom. The highest BCUT2D eigenvalue weighted by atomic mass is 15.2. The predicted octanol–water partition coefficient (Wildman–Crippen LogP) is 2.71. The average Bonchev–Trinajstić information content (AvgIpc) is 3.18. The number of aromatic amines is 1. The second-order valence-corrected chi connectivity index (χ2v) is 6.43. The second-order valence-electron chi connectivity index (χ2n) is 6.43. The van der Waals surface area contributed by atoms with Crippen molar-refractivity contribution < 1.29 is 0 Å². The van der Waals surface area contributed by atoms with Gasteiger partial charge in [-0.1, -0.05) is 6.92 Å². The van der Waals surface area contributed by atoms with Gasteiger partial charge >= 0.3 is 0 Å². The van der Waals surface area contributed by atoms with Crippen LogP contribution in [0, 0.1) is 17.2 Å². The van der Waals surface area contributed by atoms with E-state index in [4.69, 9.17) is 5.26 Å². The first kappa shape index (κ1) is 14.2. The third-order valence-electron chi connectivity index (χ3n) is 4.96. The number of fused-ring (bicyclic) bond motifs is 3. The van der Waals surface area contributed by atoms with Crippen molar-refractivity contribution in [3.8, 4) is 6.07 Å². The minimum Gasteiger partial charge on any atom is -0.346 e. The SMILES string of the molecule is C[C@@H]1CN(CCC#N)CC[C@H]1n1cnc2cnc3[nH]ccc3c21. The number of hydrogen-bond acceptors (Lipinski definition) is 4. The van der Waals surface area contributed by atoms with Gasteiger partial charge in [-0.25, -0.2) is 9.97 Å². The Hall–Kier alpha value is -2.39. The minimum atomic E-state index is 0.443. The first-order valence-corrected chi connectivity index (χ1v) is 8.16. The van der Waals surface area contributed by atoms with E-state index >= 15 is 0 Å². The summed E-state index contributed by atoms with van der Waals surface area (Å²) in [6, 6.07) is 4.76. The van der Waals surface area contributed by atoms with Crippen LogP contribution in [0.25, 0.3) is 22.1 Å². The summed E-state index contributed by atoms with van der Waals surface area (Å²) in [6.07, 6.45) is 7.44. The average molecular weight is 308 g/mol. The molecule has 0 aliphatic carbocycles. The molecule has 2 atom stereocenters. The lowest BCUT2D eigenvalue weighted by atomic mass is 9.93. The largest absolute Gasteiger partial charge is 0.346 e. The Morgan fingerprint density at radius 3 is 3.17 bits per heavy atom. The molecule has 1 fully saturated rings. The molecule has 0 unspecified atom stereocenters. The van der Waals surface area contributed by atoms with Gasteiger partial charge in [0.1, 0.15) is 11.2 Å². The molecule has 4 heterocycles. The van der Waals surface area contributed by atoms with E-state index < -0.39 is 0 Å². The summed E-state index contributed by atoms with van der Waals surface area (Å²) in [6.45, 7) is 5.25. The summed E-state index contributed by atoms with van der Waals surface area (Å²) in [5, 5.41) is 9.90. The van der Waals surface area contributed by atoms with Crippen LogP contribution in [0.5, 0.6) is 0 Å². The summed E-state index contributed by atoms with van der Waals surface area (Å²) in [7, 11) is 0. The van der Waals surface area contributed by atoms with Crippen molar-refractivity contribution in [2.24, 2.45) is 5.92 Å². The van der Waals surface area contributed by atoms with Crippen LogP contribution in [0.2, 0.25) is 0 Å². The number of piperidine rings is 1. The van der Waals surface area contributed by atoms with Crippen LogP contribution < -0.4 is 0 Å². The molecule has 1 N–H and O–H groups in total. The lowest BCUT2D eigenvalue weighted by molar-refractivity contribution is 0.137. The first-order chi connectivity index (χ1) is 11.3. The molecule has 1 aliphatic rings. The lowest BCUT2D eigenvalue weighted by Crippen LogP contribution is -2.40. The van der Waals surface area contributed by atoms with Crippen molar-refractivity contribution in [2.75, 3.05) is 19.6 Å². The quantitative estimate of drug-likeness (QED) is 0.807. The number of pyridine rings is 1. The molecule has 0 radical (unpaired) electrons. The fraction of sp³-hybridized carbons (Fsp3) is 0.471. The minimum absolute atomic E-state index is 0.443. The highest BCUT2D eigenvalue weighted by Crippen LogP contribution is 2.33. The van der Waals surface area contributed by atoms with E-state index in [2.05, 4.69) is 43.5 Å². The molecular weight excluding hydrogens is 288 g/mol. The highest BCUT2D eigenvalue weighted by Gasteiger charge is 2.28. The molecule has 6 heteroatoms. The molecule has 118 valence electrons. The molecule has 1 aliphatic heterocycles. The number of nitriles is 1. The molecule has 1 saturated heterocycles. The van der Waals surface area contributed by atoms with E-state index in [0.29, 0.717) is 18.4 Å². The Balaban J connectivity index is 1.67. The standard InChI is InChI=1S/C17H20N6/c1-12-10-22(7-2-5-18)8-4-15(12)23-11-21-14-9-20-17-13(16(14)23)3-6-19-17/h3,6,9,11-12,15H,2,4,7-8,10H2,1H3,(H,19,20)/t12-,15-/m1/s1. The molecule has 3 aromatic heterocycles. The number of likely N-dealkylation sites (tertiary alicyclic amines) is 1. The van der Waals surface area contributed by atoms with Gasteiger partial charge < -0.3 is 14.5 Å². The zero-order valence-electron chi connectivity index (χ0n) is 13.2. The lowest BCUT2D eigenvalue weighted by Gasteiger charge is -2.37. The summed E-state index contributed by atoms with van der Waals surface area (Å²) >= 11 is 0. The summed E-state index contributed by atoms with van der Waals surface area (Å²) in [4.78, 5) is 14.6. The van der Waals surface area contributed by atoms with Crippen molar-refractivity contribution in [2.45, 2.75) is 25.8 Å². The number of H-pyrrole nitrogens is 1. The van der Waals surface area contributed by atoms with E-state index in [0.717, 1.165) is 42.6 Å². The zero-order chi connectivity index (χ0) is 15.8. The normalized spacial score (nSPS) is 22.6. The van der Waals surface area contributed by atoms with E-state index in [1.807, 2.05) is 18.7 Å². The van der Waals surface area contributed by atoms with Gasteiger partial charge in [0.2, 0.25) is 0 Å². The molecule has 23 heavy (non-hydrogen) atoms. The van der Waals surface area contributed by atoms with Crippen LogP contribution in [-0.2, 0) is 0 Å². The maximum Gasteiger partial charge on any atom is 0.139 e. The summed E-state index contributed by atoms with van der Waals surface area (Å²) < 4.78 is 2.33. The maximum atomic E-state index is 8.77. The predicted molar refractivity (Wildman–Crippen MR) is 88.9 cm³/mol. The molecule has 0 aromatic carbocycles. The smallest absolute Gasteiger partial charge is 0.139 e. The van der Waals surface area contributed by atoms with Crippen molar-refractivity contribution >= 4 is 22.1 Å². The van der Waals surface area contributed by atoms with E-state index in [-0.39, 0.29) is 0 Å². The Bertz CT molecular complexity index is 870. The Morgan fingerprint density at radius 1 is 1.43 bits per heavy atom. The number of aromatic nitrogens is 4. The van der Waals surface area contributed by atoms with Gasteiger partial charge in [-0.3, -0.25) is 0 Å². The van der Waals surface area contributed by atoms with Crippen molar-refractivity contribution in [3.63, 3.8) is 0 Å². The fourth-order valence-electron chi connectivity index (χ4n) is 3.83. The number of rotatable bonds is 3. The van der Waals surface area contributed by atoms with Crippen LogP contribution in [0.1, 0.15) is 25.8 Å². The molecule has 0 saturated carbocycles. The maximum absolute atomic E-state index is 8.77. The molecule has 3 aromatic rings. The first-order valence-electron chi connectivity index (χ1n) is 8.16. The van der Waals surface area contributed by atoms with Crippen molar-refractivity contribution in [1.29, 1.82) is 5.26 Å². The molecule has 4 rings (SSSR count). The van der Waals surface area contributed by atoms with Gasteiger partial charge in [-0.15, -0.1) is 0 Å². The summed E-state index contributed by atoms with van der Waals surface area (Å²) in [5.41, 5.74) is 3.05. The van der Waals surface area contributed by atoms with Crippen molar-refractivity contribution in [1.82, 2.24) is 24.4 Å². The number of hydrogen-bond donors (Lipinski definition) is 1. The van der Waals surface area contributed by atoms with Crippen LogP contribution in [0.3, 0.4) is 0 Å². The van der Waals surface area contributed by atoms with Crippen molar-refractivity contribution in [3.05, 3.63) is 24.8 Å². The number of nitrogens with one attached hydrogen (secondary N) is 1. The molecule has 0 bridgehead atoms.